The normalized spacial score (nSPS) is 10.3. The lowest BCUT2D eigenvalue weighted by Gasteiger charge is -2.09. The third-order valence-corrected chi connectivity index (χ3v) is 2.40. The summed E-state index contributed by atoms with van der Waals surface area (Å²) >= 11 is 5.80. The van der Waals surface area contributed by atoms with Gasteiger partial charge in [-0.1, -0.05) is 11.6 Å². The third-order valence-electron chi connectivity index (χ3n) is 2.19. The van der Waals surface area contributed by atoms with Crippen LogP contribution in [-0.2, 0) is 4.79 Å². The molecule has 0 unspecified atom stereocenters. The Morgan fingerprint density at radius 3 is 2.71 bits per heavy atom. The van der Waals surface area contributed by atoms with Crippen LogP contribution in [0, 0.1) is 0 Å². The summed E-state index contributed by atoms with van der Waals surface area (Å²) < 4.78 is 10.2. The average molecular weight is 252 g/mol. The number of ether oxygens (including phenoxy) is 2. The molecule has 17 heavy (non-hydrogen) atoms. The predicted octanol–water partition coefficient (Wildman–Crippen LogP) is 2.82. The molecule has 0 aliphatic carbocycles. The molecule has 2 aromatic rings. The van der Waals surface area contributed by atoms with E-state index in [1.54, 1.807) is 18.2 Å². The van der Waals surface area contributed by atoms with Gasteiger partial charge in [-0.05, 0) is 18.2 Å². The lowest BCUT2D eigenvalue weighted by atomic mass is 10.2. The lowest BCUT2D eigenvalue weighted by molar-refractivity contribution is -0.131. The van der Waals surface area contributed by atoms with Crippen molar-refractivity contribution in [2.24, 2.45) is 0 Å². The number of rotatable bonds is 2. The Hall–Kier alpha value is -1.81. The number of aromatic nitrogens is 1. The molecule has 5 heteroatoms. The summed E-state index contributed by atoms with van der Waals surface area (Å²) in [5.41, 5.74) is 0.648. The first kappa shape index (κ1) is 11.7. The summed E-state index contributed by atoms with van der Waals surface area (Å²) in [4.78, 5) is 15.1. The molecule has 88 valence electrons. The summed E-state index contributed by atoms with van der Waals surface area (Å²) in [5, 5.41) is 1.25. The molecule has 0 atom stereocenters. The van der Waals surface area contributed by atoms with Crippen LogP contribution in [0.5, 0.6) is 11.5 Å². The van der Waals surface area contributed by atoms with Gasteiger partial charge in [0.2, 0.25) is 0 Å². The Morgan fingerprint density at radius 1 is 1.29 bits per heavy atom. The van der Waals surface area contributed by atoms with Gasteiger partial charge >= 0.3 is 5.97 Å². The van der Waals surface area contributed by atoms with Gasteiger partial charge in [0.05, 0.1) is 12.6 Å². The molecule has 0 bridgehead atoms. The Labute approximate surface area is 103 Å². The Bertz CT molecular complexity index is 583. The highest BCUT2D eigenvalue weighted by Gasteiger charge is 2.10. The molecule has 0 radical (unpaired) electrons. The van der Waals surface area contributed by atoms with Crippen LogP contribution in [-0.4, -0.2) is 18.1 Å². The van der Waals surface area contributed by atoms with E-state index in [-0.39, 0.29) is 0 Å². The third kappa shape index (κ3) is 2.47. The van der Waals surface area contributed by atoms with Crippen LogP contribution in [0.15, 0.2) is 24.3 Å². The first-order valence-electron chi connectivity index (χ1n) is 4.93. The molecule has 0 fully saturated rings. The molecule has 4 nitrogen and oxygen atoms in total. The molecule has 0 aliphatic rings. The number of fused-ring (bicyclic) bond motifs is 1. The summed E-state index contributed by atoms with van der Waals surface area (Å²) in [5.74, 6) is 0.406. The number of benzene rings is 1. The van der Waals surface area contributed by atoms with Gasteiger partial charge in [-0.25, -0.2) is 4.98 Å². The van der Waals surface area contributed by atoms with Gasteiger partial charge in [0.15, 0.2) is 11.5 Å². The summed E-state index contributed by atoms with van der Waals surface area (Å²) in [6, 6.07) is 6.89. The van der Waals surface area contributed by atoms with E-state index in [2.05, 4.69) is 4.98 Å². The standard InChI is InChI=1S/C12H10ClNO3/c1-7(15)17-11-6-9-8(5-10(11)16-2)3-4-12(13)14-9/h3-6H,1-2H3. The highest BCUT2D eigenvalue weighted by Crippen LogP contribution is 2.32. The van der Waals surface area contributed by atoms with Gasteiger partial charge in [0.1, 0.15) is 5.15 Å². The molecule has 2 rings (SSSR count). The van der Waals surface area contributed by atoms with Gasteiger partial charge in [-0.15, -0.1) is 0 Å². The highest BCUT2D eigenvalue weighted by atomic mass is 35.5. The minimum absolute atomic E-state index is 0.335. The van der Waals surface area contributed by atoms with Crippen LogP contribution >= 0.6 is 11.6 Å². The second-order valence-corrected chi connectivity index (χ2v) is 3.81. The van der Waals surface area contributed by atoms with Crippen LogP contribution in [0.25, 0.3) is 10.9 Å². The molecule has 0 saturated heterocycles. The number of methoxy groups -OCH3 is 1. The minimum atomic E-state index is -0.412. The number of pyridine rings is 1. The molecule has 0 spiro atoms. The SMILES string of the molecule is COc1cc2ccc(Cl)nc2cc1OC(C)=O. The Kier molecular flexibility index (Phi) is 3.15. The van der Waals surface area contributed by atoms with Gasteiger partial charge in [0, 0.05) is 18.4 Å². The molecular formula is C12H10ClNO3. The van der Waals surface area contributed by atoms with Crippen LogP contribution in [0.4, 0.5) is 0 Å². The Balaban J connectivity index is 2.60. The van der Waals surface area contributed by atoms with Gasteiger partial charge in [0.25, 0.3) is 0 Å². The van der Waals surface area contributed by atoms with E-state index in [0.717, 1.165) is 5.39 Å². The number of esters is 1. The van der Waals surface area contributed by atoms with E-state index in [1.807, 2.05) is 6.07 Å². The van der Waals surface area contributed by atoms with E-state index in [9.17, 15) is 4.79 Å². The van der Waals surface area contributed by atoms with Gasteiger partial charge in [-0.2, -0.15) is 0 Å². The number of hydrogen-bond donors (Lipinski definition) is 0. The molecular weight excluding hydrogens is 242 g/mol. The van der Waals surface area contributed by atoms with Crippen molar-refractivity contribution in [1.29, 1.82) is 0 Å². The zero-order valence-corrected chi connectivity index (χ0v) is 10.1. The maximum atomic E-state index is 11.0. The second-order valence-electron chi connectivity index (χ2n) is 3.42. The molecule has 0 N–H and O–H groups in total. The fourth-order valence-corrected chi connectivity index (χ4v) is 1.65. The molecule has 0 amide bonds. The van der Waals surface area contributed by atoms with Crippen molar-refractivity contribution in [3.8, 4) is 11.5 Å². The quantitative estimate of drug-likeness (QED) is 0.468. The Morgan fingerprint density at radius 2 is 2.06 bits per heavy atom. The monoisotopic (exact) mass is 251 g/mol. The van der Waals surface area contributed by atoms with Gasteiger partial charge in [-0.3, -0.25) is 4.79 Å². The van der Waals surface area contributed by atoms with Crippen LogP contribution in [0.1, 0.15) is 6.92 Å². The fourth-order valence-electron chi connectivity index (χ4n) is 1.50. The van der Waals surface area contributed by atoms with Crippen molar-refractivity contribution in [1.82, 2.24) is 4.98 Å². The first-order chi connectivity index (χ1) is 8.10. The molecule has 0 saturated carbocycles. The van der Waals surface area contributed by atoms with Crippen LogP contribution in [0.3, 0.4) is 0 Å². The van der Waals surface area contributed by atoms with Crippen LogP contribution < -0.4 is 9.47 Å². The first-order valence-corrected chi connectivity index (χ1v) is 5.30. The second kappa shape index (κ2) is 4.59. The summed E-state index contributed by atoms with van der Waals surface area (Å²) in [6.45, 7) is 1.33. The van der Waals surface area contributed by atoms with Gasteiger partial charge < -0.3 is 9.47 Å². The van der Waals surface area contributed by atoms with E-state index >= 15 is 0 Å². The lowest BCUT2D eigenvalue weighted by Crippen LogP contribution is -2.03. The smallest absolute Gasteiger partial charge is 0.308 e. The number of hydrogen-bond acceptors (Lipinski definition) is 4. The van der Waals surface area contributed by atoms with Crippen molar-refractivity contribution in [3.05, 3.63) is 29.4 Å². The van der Waals surface area contributed by atoms with Crippen molar-refractivity contribution in [2.75, 3.05) is 7.11 Å². The minimum Gasteiger partial charge on any atom is -0.493 e. The molecule has 1 aromatic heterocycles. The predicted molar refractivity (Wildman–Crippen MR) is 64.6 cm³/mol. The largest absolute Gasteiger partial charge is 0.493 e. The zero-order chi connectivity index (χ0) is 12.4. The van der Waals surface area contributed by atoms with Crippen molar-refractivity contribution in [3.63, 3.8) is 0 Å². The number of halogens is 1. The summed E-state index contributed by atoms with van der Waals surface area (Å²) in [6.07, 6.45) is 0. The topological polar surface area (TPSA) is 48.4 Å². The van der Waals surface area contributed by atoms with Crippen molar-refractivity contribution in [2.45, 2.75) is 6.92 Å². The molecule has 0 aliphatic heterocycles. The highest BCUT2D eigenvalue weighted by molar-refractivity contribution is 6.29. The number of carbonyl (C=O) groups is 1. The van der Waals surface area contributed by atoms with Crippen molar-refractivity contribution >= 4 is 28.5 Å². The fraction of sp³-hybridized carbons (Fsp3) is 0.167. The zero-order valence-electron chi connectivity index (χ0n) is 9.36. The van der Waals surface area contributed by atoms with E-state index < -0.39 is 5.97 Å². The maximum Gasteiger partial charge on any atom is 0.308 e. The van der Waals surface area contributed by atoms with E-state index in [0.29, 0.717) is 22.2 Å². The van der Waals surface area contributed by atoms with E-state index in [4.69, 9.17) is 21.1 Å². The molecule has 1 heterocycles. The average Bonchev–Trinajstić information content (AvgIpc) is 2.27. The molecule has 1 aromatic carbocycles. The number of carbonyl (C=O) groups excluding carboxylic acids is 1. The summed E-state index contributed by atoms with van der Waals surface area (Å²) in [7, 11) is 1.51. The van der Waals surface area contributed by atoms with Crippen molar-refractivity contribution < 1.29 is 14.3 Å². The maximum absolute atomic E-state index is 11.0. The van der Waals surface area contributed by atoms with E-state index in [1.165, 1.54) is 14.0 Å². The number of nitrogens with zero attached hydrogens (tertiary/aromatic N) is 1. The van der Waals surface area contributed by atoms with Crippen LogP contribution in [0.2, 0.25) is 5.15 Å².